The van der Waals surface area contributed by atoms with Crippen LogP contribution in [0.25, 0.3) is 0 Å². The molecule has 0 aliphatic heterocycles. The Balaban J connectivity index is 1.30. The Hall–Kier alpha value is -6.11. The van der Waals surface area contributed by atoms with E-state index in [1.165, 1.54) is 0 Å². The molecule has 0 unspecified atom stereocenters. The van der Waals surface area contributed by atoms with Gasteiger partial charge in [-0.05, 0) is 72.8 Å². The molecule has 3 heterocycles. The molecule has 0 amide bonds. The third kappa shape index (κ3) is 6.38. The van der Waals surface area contributed by atoms with Gasteiger partial charge in [0.25, 0.3) is 0 Å². The van der Waals surface area contributed by atoms with Crippen LogP contribution in [0.2, 0.25) is 0 Å². The highest BCUT2D eigenvalue weighted by Crippen LogP contribution is 2.37. The van der Waals surface area contributed by atoms with E-state index in [0.717, 1.165) is 52.0 Å². The molecule has 6 rings (SSSR count). The van der Waals surface area contributed by atoms with E-state index in [4.69, 9.17) is 0 Å². The minimum absolute atomic E-state index is 0.749. The van der Waals surface area contributed by atoms with Gasteiger partial charge in [0.15, 0.2) is 0 Å². The first kappa shape index (κ1) is 29.9. The number of nitrogens with zero attached hydrogens (tertiary/aromatic N) is 13. The van der Waals surface area contributed by atoms with Gasteiger partial charge in [0.1, 0.15) is 17.1 Å². The predicted octanol–water partition coefficient (Wildman–Crippen LogP) is 6.89. The van der Waals surface area contributed by atoms with Crippen LogP contribution >= 0.6 is 0 Å². The molecule has 0 aliphatic carbocycles. The topological polar surface area (TPSA) is 104 Å². The van der Waals surface area contributed by atoms with Gasteiger partial charge < -0.3 is 4.90 Å². The molecule has 0 saturated carbocycles. The number of aromatic nitrogens is 6. The highest BCUT2D eigenvalue weighted by molar-refractivity contribution is 5.78. The van der Waals surface area contributed by atoms with Gasteiger partial charge in [0.05, 0.1) is 79.5 Å². The summed E-state index contributed by atoms with van der Waals surface area (Å²) in [5, 5.41) is 26.7. The van der Waals surface area contributed by atoms with Crippen LogP contribution < -0.4 is 18.6 Å². The predicted molar refractivity (Wildman–Crippen MR) is 173 cm³/mol. The Morgan fingerprint density at radius 3 is 0.891 bits per heavy atom. The molecule has 46 heavy (non-hydrogen) atoms. The first-order valence-electron chi connectivity index (χ1n) is 14.7. The molecule has 0 fully saturated rings. The molecule has 0 saturated heterocycles. The quantitative estimate of drug-likeness (QED) is 0.128. The van der Waals surface area contributed by atoms with Crippen LogP contribution in [0.4, 0.5) is 52.0 Å². The molecule has 0 bridgehead atoms. The van der Waals surface area contributed by atoms with Gasteiger partial charge in [0.2, 0.25) is 0 Å². The highest BCUT2D eigenvalue weighted by atomic mass is 15.3. The normalized spacial score (nSPS) is 11.9. The van der Waals surface area contributed by atoms with Crippen molar-refractivity contribution in [1.82, 2.24) is 13.7 Å². The van der Waals surface area contributed by atoms with Crippen LogP contribution in [0.15, 0.2) is 141 Å². The lowest BCUT2D eigenvalue weighted by molar-refractivity contribution is -0.657. The Bertz CT molecular complexity index is 1750. The standard InChI is InChI=1S/C33H36N13/c1-40-19-20-41(2)31(40)37-34-25-7-13-28(14-8-25)46(29-15-9-26(10-16-29)35-38-32-42(3)21-22-43(32)4)30-17-11-27(12-18-30)36-39-33-44(5)23-24-45(33)6/h7-24H,1-6H3/q+3. The summed E-state index contributed by atoms with van der Waals surface area (Å²) in [6.07, 6.45) is 11.7. The molecular weight excluding hydrogens is 578 g/mol. The fourth-order valence-corrected chi connectivity index (χ4v) is 4.93. The van der Waals surface area contributed by atoms with Gasteiger partial charge in [-0.15, -0.1) is 0 Å². The smallest absolute Gasteiger partial charge is 0.310 e. The fourth-order valence-electron chi connectivity index (χ4n) is 4.93. The molecule has 3 aromatic carbocycles. The molecule has 0 atom stereocenters. The van der Waals surface area contributed by atoms with Crippen LogP contribution in [0.3, 0.4) is 0 Å². The zero-order valence-corrected chi connectivity index (χ0v) is 26.7. The average molecular weight is 615 g/mol. The zero-order valence-electron chi connectivity index (χ0n) is 26.7. The van der Waals surface area contributed by atoms with Crippen molar-refractivity contribution in [2.24, 2.45) is 73.0 Å². The summed E-state index contributed by atoms with van der Waals surface area (Å²) in [6, 6.07) is 23.9. The summed E-state index contributed by atoms with van der Waals surface area (Å²) in [4.78, 5) is 2.16. The minimum Gasteiger partial charge on any atom is -0.310 e. The van der Waals surface area contributed by atoms with Crippen molar-refractivity contribution in [1.29, 1.82) is 0 Å². The van der Waals surface area contributed by atoms with Crippen LogP contribution in [0.5, 0.6) is 0 Å². The van der Waals surface area contributed by atoms with E-state index in [0.29, 0.717) is 0 Å². The van der Waals surface area contributed by atoms with Crippen molar-refractivity contribution in [2.75, 3.05) is 4.90 Å². The second-order valence-corrected chi connectivity index (χ2v) is 10.9. The SMILES string of the molecule is Cn1cc[n+](C)c1N=Nc1ccc(N(c2ccc(N=Nc3n(C)cc[n+]3C)cc2)c2ccc(N=Nc3n(C)cc[n+]3C)cc2)cc1. The fraction of sp³-hybridized carbons (Fsp3) is 0.182. The summed E-state index contributed by atoms with van der Waals surface area (Å²) in [7, 11) is 11.7. The van der Waals surface area contributed by atoms with Gasteiger partial charge in [-0.3, -0.25) is 0 Å². The minimum atomic E-state index is 0.749. The number of imidazole rings is 3. The van der Waals surface area contributed by atoms with E-state index in [1.54, 1.807) is 0 Å². The Morgan fingerprint density at radius 2 is 0.674 bits per heavy atom. The van der Waals surface area contributed by atoms with E-state index in [2.05, 4.69) is 35.6 Å². The van der Waals surface area contributed by atoms with Gasteiger partial charge in [-0.25, -0.2) is 27.4 Å². The summed E-state index contributed by atoms with van der Waals surface area (Å²) in [6.45, 7) is 0. The molecule has 230 valence electrons. The molecule has 0 spiro atoms. The second-order valence-electron chi connectivity index (χ2n) is 10.9. The first-order valence-corrected chi connectivity index (χ1v) is 14.7. The number of rotatable bonds is 9. The molecule has 13 heteroatoms. The third-order valence-electron chi connectivity index (χ3n) is 7.52. The van der Waals surface area contributed by atoms with Crippen molar-refractivity contribution in [2.45, 2.75) is 0 Å². The molecule has 6 aromatic rings. The second kappa shape index (κ2) is 12.9. The van der Waals surface area contributed by atoms with Crippen LogP contribution in [0, 0.1) is 0 Å². The highest BCUT2D eigenvalue weighted by Gasteiger charge is 2.16. The van der Waals surface area contributed by atoms with E-state index >= 15 is 0 Å². The molecular formula is C33H36N13+3. The molecule has 0 aliphatic rings. The maximum Gasteiger partial charge on any atom is 0.421 e. The van der Waals surface area contributed by atoms with E-state index < -0.39 is 0 Å². The third-order valence-corrected chi connectivity index (χ3v) is 7.52. The number of benzene rings is 3. The van der Waals surface area contributed by atoms with E-state index in [1.807, 2.05) is 180 Å². The van der Waals surface area contributed by atoms with Gasteiger partial charge in [-0.1, -0.05) is 15.3 Å². The Labute approximate surface area is 267 Å². The molecule has 0 radical (unpaired) electrons. The van der Waals surface area contributed by atoms with Crippen molar-refractivity contribution >= 4 is 52.0 Å². The van der Waals surface area contributed by atoms with Crippen molar-refractivity contribution in [3.8, 4) is 0 Å². The van der Waals surface area contributed by atoms with Gasteiger partial charge >= 0.3 is 17.8 Å². The van der Waals surface area contributed by atoms with E-state index in [-0.39, 0.29) is 0 Å². The number of aryl methyl sites for hydroxylation is 6. The van der Waals surface area contributed by atoms with Crippen molar-refractivity contribution in [3.05, 3.63) is 110 Å². The van der Waals surface area contributed by atoms with Crippen LogP contribution in [-0.2, 0) is 42.3 Å². The Morgan fingerprint density at radius 1 is 0.413 bits per heavy atom. The number of azo groups is 3. The lowest BCUT2D eigenvalue weighted by Gasteiger charge is -2.25. The number of hydrogen-bond donors (Lipinski definition) is 0. The van der Waals surface area contributed by atoms with Gasteiger partial charge in [-0.2, -0.15) is 0 Å². The van der Waals surface area contributed by atoms with E-state index in [9.17, 15) is 0 Å². The van der Waals surface area contributed by atoms with Crippen LogP contribution in [0.1, 0.15) is 0 Å². The lowest BCUT2D eigenvalue weighted by atomic mass is 10.1. The van der Waals surface area contributed by atoms with Crippen LogP contribution in [-0.4, -0.2) is 13.7 Å². The maximum atomic E-state index is 4.46. The van der Waals surface area contributed by atoms with Crippen molar-refractivity contribution < 1.29 is 13.7 Å². The Kier molecular flexibility index (Phi) is 8.37. The monoisotopic (exact) mass is 614 g/mol. The average Bonchev–Trinajstić information content (AvgIpc) is 3.69. The largest absolute Gasteiger partial charge is 0.421 e. The summed E-state index contributed by atoms with van der Waals surface area (Å²) in [5.41, 5.74) is 5.12. The summed E-state index contributed by atoms with van der Waals surface area (Å²) >= 11 is 0. The number of anilines is 3. The lowest BCUT2D eigenvalue weighted by Crippen LogP contribution is -2.25. The molecule has 13 nitrogen and oxygen atoms in total. The number of hydrogen-bond acceptors (Lipinski definition) is 7. The summed E-state index contributed by atoms with van der Waals surface area (Å²) in [5.74, 6) is 2.26. The molecule has 3 aromatic heterocycles. The summed E-state index contributed by atoms with van der Waals surface area (Å²) < 4.78 is 11.5. The van der Waals surface area contributed by atoms with Gasteiger partial charge in [0, 0.05) is 32.4 Å². The maximum absolute atomic E-state index is 4.46. The van der Waals surface area contributed by atoms with Crippen molar-refractivity contribution in [3.63, 3.8) is 0 Å². The zero-order chi connectivity index (χ0) is 32.2. The first-order chi connectivity index (χ1) is 22.3. The molecule has 0 N–H and O–H groups in total.